The molecule has 4 heteroatoms. The standard InChI is InChI=1S/C17H18BrNO2/c1-12-4-3-5-15(10-12)21-9-8-19-17(20)14-6-7-16(18)13(2)11-14/h3-7,10-11H,8-9H2,1-2H3,(H,19,20). The van der Waals surface area contributed by atoms with Gasteiger partial charge in [-0.15, -0.1) is 0 Å². The third kappa shape index (κ3) is 4.60. The predicted octanol–water partition coefficient (Wildman–Crippen LogP) is 3.87. The fraction of sp³-hybridized carbons (Fsp3) is 0.235. The van der Waals surface area contributed by atoms with Gasteiger partial charge >= 0.3 is 0 Å². The van der Waals surface area contributed by atoms with E-state index in [9.17, 15) is 4.79 Å². The number of carbonyl (C=O) groups is 1. The van der Waals surface area contributed by atoms with E-state index >= 15 is 0 Å². The highest BCUT2D eigenvalue weighted by Gasteiger charge is 2.06. The highest BCUT2D eigenvalue weighted by Crippen LogP contribution is 2.17. The molecule has 2 aromatic carbocycles. The highest BCUT2D eigenvalue weighted by atomic mass is 79.9. The van der Waals surface area contributed by atoms with Crippen LogP contribution in [0.3, 0.4) is 0 Å². The molecule has 0 unspecified atom stereocenters. The van der Waals surface area contributed by atoms with Gasteiger partial charge in [0.25, 0.3) is 5.91 Å². The molecule has 0 fully saturated rings. The summed E-state index contributed by atoms with van der Waals surface area (Å²) in [6, 6.07) is 13.4. The van der Waals surface area contributed by atoms with Gasteiger partial charge in [-0.1, -0.05) is 28.1 Å². The Balaban J connectivity index is 1.80. The monoisotopic (exact) mass is 347 g/mol. The largest absolute Gasteiger partial charge is 0.492 e. The molecule has 21 heavy (non-hydrogen) atoms. The lowest BCUT2D eigenvalue weighted by molar-refractivity contribution is 0.0947. The van der Waals surface area contributed by atoms with Crippen molar-refractivity contribution < 1.29 is 9.53 Å². The van der Waals surface area contributed by atoms with Gasteiger partial charge in [0.2, 0.25) is 0 Å². The summed E-state index contributed by atoms with van der Waals surface area (Å²) in [5.74, 6) is 0.738. The van der Waals surface area contributed by atoms with Gasteiger partial charge in [0.1, 0.15) is 12.4 Å². The maximum Gasteiger partial charge on any atom is 0.251 e. The number of carbonyl (C=O) groups excluding carboxylic acids is 1. The van der Waals surface area contributed by atoms with E-state index in [4.69, 9.17) is 4.74 Å². The van der Waals surface area contributed by atoms with Gasteiger partial charge in [-0.05, 0) is 55.3 Å². The van der Waals surface area contributed by atoms with Crippen LogP contribution in [0.2, 0.25) is 0 Å². The van der Waals surface area contributed by atoms with Crippen molar-refractivity contribution in [2.75, 3.05) is 13.2 Å². The highest BCUT2D eigenvalue weighted by molar-refractivity contribution is 9.10. The summed E-state index contributed by atoms with van der Waals surface area (Å²) in [5.41, 5.74) is 2.85. The molecule has 1 amide bonds. The molecule has 0 saturated heterocycles. The fourth-order valence-electron chi connectivity index (χ4n) is 1.93. The average Bonchev–Trinajstić information content (AvgIpc) is 2.46. The van der Waals surface area contributed by atoms with Gasteiger partial charge in [0, 0.05) is 10.0 Å². The van der Waals surface area contributed by atoms with E-state index in [1.54, 1.807) is 6.07 Å². The van der Waals surface area contributed by atoms with Crippen molar-refractivity contribution in [3.63, 3.8) is 0 Å². The summed E-state index contributed by atoms with van der Waals surface area (Å²) in [5, 5.41) is 2.85. The van der Waals surface area contributed by atoms with Crippen molar-refractivity contribution in [3.8, 4) is 5.75 Å². The second kappa shape index (κ2) is 7.27. The topological polar surface area (TPSA) is 38.3 Å². The SMILES string of the molecule is Cc1cccc(OCCNC(=O)c2ccc(Br)c(C)c2)c1. The van der Waals surface area contributed by atoms with E-state index in [2.05, 4.69) is 21.2 Å². The Bertz CT molecular complexity index is 640. The molecule has 0 saturated carbocycles. The van der Waals surface area contributed by atoms with Crippen LogP contribution in [0.1, 0.15) is 21.5 Å². The summed E-state index contributed by atoms with van der Waals surface area (Å²) in [6.07, 6.45) is 0. The van der Waals surface area contributed by atoms with Gasteiger partial charge in [0.05, 0.1) is 6.54 Å². The van der Waals surface area contributed by atoms with Crippen LogP contribution in [0.25, 0.3) is 0 Å². The quantitative estimate of drug-likeness (QED) is 0.833. The maximum absolute atomic E-state index is 12.0. The van der Waals surface area contributed by atoms with E-state index in [0.717, 1.165) is 21.3 Å². The van der Waals surface area contributed by atoms with Crippen molar-refractivity contribution in [2.45, 2.75) is 13.8 Å². The zero-order chi connectivity index (χ0) is 15.2. The van der Waals surface area contributed by atoms with Crippen LogP contribution < -0.4 is 10.1 Å². The van der Waals surface area contributed by atoms with Crippen LogP contribution in [-0.2, 0) is 0 Å². The van der Waals surface area contributed by atoms with Gasteiger partial charge < -0.3 is 10.1 Å². The Morgan fingerprint density at radius 3 is 2.71 bits per heavy atom. The zero-order valence-electron chi connectivity index (χ0n) is 12.2. The van der Waals surface area contributed by atoms with Crippen LogP contribution in [-0.4, -0.2) is 19.1 Å². The summed E-state index contributed by atoms with van der Waals surface area (Å²) >= 11 is 3.42. The van der Waals surface area contributed by atoms with Crippen LogP contribution in [0, 0.1) is 13.8 Å². The van der Waals surface area contributed by atoms with E-state index in [-0.39, 0.29) is 5.91 Å². The average molecular weight is 348 g/mol. The molecule has 0 aliphatic heterocycles. The van der Waals surface area contributed by atoms with Crippen molar-refractivity contribution in [1.29, 1.82) is 0 Å². The second-order valence-electron chi connectivity index (χ2n) is 4.88. The number of ether oxygens (including phenoxy) is 1. The maximum atomic E-state index is 12.0. The van der Waals surface area contributed by atoms with Crippen LogP contribution >= 0.6 is 15.9 Å². The number of halogens is 1. The third-order valence-corrected chi connectivity index (χ3v) is 3.96. The summed E-state index contributed by atoms with van der Waals surface area (Å²) in [7, 11) is 0. The van der Waals surface area contributed by atoms with Gasteiger partial charge in [-0.2, -0.15) is 0 Å². The lowest BCUT2D eigenvalue weighted by atomic mass is 10.1. The molecule has 3 nitrogen and oxygen atoms in total. The van der Waals surface area contributed by atoms with Gasteiger partial charge in [0.15, 0.2) is 0 Å². The summed E-state index contributed by atoms with van der Waals surface area (Å²) < 4.78 is 6.60. The van der Waals surface area contributed by atoms with E-state index in [1.165, 1.54) is 0 Å². The zero-order valence-corrected chi connectivity index (χ0v) is 13.7. The van der Waals surface area contributed by atoms with Crippen molar-refractivity contribution >= 4 is 21.8 Å². The molecule has 0 bridgehead atoms. The molecule has 110 valence electrons. The molecule has 2 aromatic rings. The Labute approximate surface area is 133 Å². The molecule has 0 aliphatic carbocycles. The normalized spacial score (nSPS) is 10.2. The molecule has 0 radical (unpaired) electrons. The number of aryl methyl sites for hydroxylation is 2. The third-order valence-electron chi connectivity index (χ3n) is 3.07. The van der Waals surface area contributed by atoms with E-state index in [0.29, 0.717) is 18.7 Å². The van der Waals surface area contributed by atoms with Gasteiger partial charge in [-0.3, -0.25) is 4.79 Å². The first-order chi connectivity index (χ1) is 10.1. The molecular weight excluding hydrogens is 330 g/mol. The Morgan fingerprint density at radius 1 is 1.19 bits per heavy atom. The minimum Gasteiger partial charge on any atom is -0.492 e. The van der Waals surface area contributed by atoms with E-state index < -0.39 is 0 Å². The lowest BCUT2D eigenvalue weighted by Crippen LogP contribution is -2.28. The summed E-state index contributed by atoms with van der Waals surface area (Å²) in [6.45, 7) is 4.90. The van der Waals surface area contributed by atoms with Crippen LogP contribution in [0.5, 0.6) is 5.75 Å². The van der Waals surface area contributed by atoms with Crippen molar-refractivity contribution in [2.24, 2.45) is 0 Å². The Kier molecular flexibility index (Phi) is 5.39. The minimum atomic E-state index is -0.0848. The fourth-order valence-corrected chi connectivity index (χ4v) is 2.17. The van der Waals surface area contributed by atoms with Crippen molar-refractivity contribution in [3.05, 3.63) is 63.6 Å². The van der Waals surface area contributed by atoms with Crippen molar-refractivity contribution in [1.82, 2.24) is 5.32 Å². The molecule has 0 aliphatic rings. The molecular formula is C17H18BrNO2. The molecule has 0 heterocycles. The predicted molar refractivity (Wildman–Crippen MR) is 87.9 cm³/mol. The number of rotatable bonds is 5. The van der Waals surface area contributed by atoms with Crippen LogP contribution in [0.15, 0.2) is 46.9 Å². The molecule has 0 aromatic heterocycles. The van der Waals surface area contributed by atoms with Gasteiger partial charge in [-0.25, -0.2) is 0 Å². The first-order valence-electron chi connectivity index (χ1n) is 6.80. The number of amides is 1. The van der Waals surface area contributed by atoms with E-state index in [1.807, 2.05) is 50.2 Å². The lowest BCUT2D eigenvalue weighted by Gasteiger charge is -2.09. The molecule has 0 spiro atoms. The minimum absolute atomic E-state index is 0.0848. The second-order valence-corrected chi connectivity index (χ2v) is 5.74. The molecule has 0 atom stereocenters. The molecule has 2 rings (SSSR count). The number of nitrogens with one attached hydrogen (secondary N) is 1. The smallest absolute Gasteiger partial charge is 0.251 e. The Hall–Kier alpha value is -1.81. The number of hydrogen-bond acceptors (Lipinski definition) is 2. The first-order valence-corrected chi connectivity index (χ1v) is 7.59. The number of benzene rings is 2. The first kappa shape index (κ1) is 15.6. The number of hydrogen-bond donors (Lipinski definition) is 1. The van der Waals surface area contributed by atoms with Crippen LogP contribution in [0.4, 0.5) is 0 Å². The summed E-state index contributed by atoms with van der Waals surface area (Å²) in [4.78, 5) is 12.0. The molecule has 1 N–H and O–H groups in total. The Morgan fingerprint density at radius 2 is 2.00 bits per heavy atom.